The van der Waals surface area contributed by atoms with E-state index in [9.17, 15) is 9.59 Å². The normalized spacial score (nSPS) is 31.4. The highest BCUT2D eigenvalue weighted by atomic mass is 16.2. The Morgan fingerprint density at radius 3 is 2.29 bits per heavy atom. The molecule has 1 heterocycles. The molecule has 2 fully saturated rings. The van der Waals surface area contributed by atoms with Crippen molar-refractivity contribution in [3.8, 4) is 0 Å². The van der Waals surface area contributed by atoms with E-state index in [2.05, 4.69) is 0 Å². The van der Waals surface area contributed by atoms with Crippen LogP contribution in [0, 0.1) is 11.8 Å². The second-order valence-corrected chi connectivity index (χ2v) is 4.18. The standard InChI is InChI=1S/C10H16N2O2/c11-4-1-5-12-9(13)7-2-3-8(6-7)10(12)14/h7-8H,1-6,11H2. The molecule has 0 aromatic carbocycles. The Balaban J connectivity index is 2.07. The summed E-state index contributed by atoms with van der Waals surface area (Å²) < 4.78 is 0. The zero-order valence-corrected chi connectivity index (χ0v) is 8.24. The van der Waals surface area contributed by atoms with Crippen molar-refractivity contribution in [2.45, 2.75) is 25.7 Å². The lowest BCUT2D eigenvalue weighted by Gasteiger charge is -2.29. The molecule has 0 aromatic rings. The van der Waals surface area contributed by atoms with Gasteiger partial charge in [-0.2, -0.15) is 0 Å². The number of hydrogen-bond donors (Lipinski definition) is 1. The first-order valence-electron chi connectivity index (χ1n) is 5.29. The van der Waals surface area contributed by atoms with Crippen LogP contribution in [0.1, 0.15) is 25.7 Å². The summed E-state index contributed by atoms with van der Waals surface area (Å²) in [5.74, 6) is 0.320. The molecule has 2 rings (SSSR count). The van der Waals surface area contributed by atoms with Crippen LogP contribution in [0.25, 0.3) is 0 Å². The van der Waals surface area contributed by atoms with E-state index in [1.165, 1.54) is 4.90 Å². The highest BCUT2D eigenvalue weighted by Crippen LogP contribution is 2.37. The van der Waals surface area contributed by atoms with Gasteiger partial charge in [-0.05, 0) is 32.2 Å². The van der Waals surface area contributed by atoms with E-state index in [0.29, 0.717) is 13.1 Å². The Labute approximate surface area is 83.4 Å². The Morgan fingerprint density at radius 2 is 1.79 bits per heavy atom. The molecule has 2 amide bonds. The van der Waals surface area contributed by atoms with E-state index in [1.807, 2.05) is 0 Å². The minimum Gasteiger partial charge on any atom is -0.330 e. The first-order chi connectivity index (χ1) is 6.74. The van der Waals surface area contributed by atoms with Crippen molar-refractivity contribution in [3.05, 3.63) is 0 Å². The SMILES string of the molecule is NCCCN1C(=O)C2CCC(C2)C1=O. The van der Waals surface area contributed by atoms with Gasteiger partial charge in [-0.15, -0.1) is 0 Å². The number of piperidine rings is 1. The van der Waals surface area contributed by atoms with E-state index >= 15 is 0 Å². The van der Waals surface area contributed by atoms with Crippen molar-refractivity contribution >= 4 is 11.8 Å². The quantitative estimate of drug-likeness (QED) is 0.652. The molecule has 14 heavy (non-hydrogen) atoms. The van der Waals surface area contributed by atoms with Crippen molar-refractivity contribution in [2.75, 3.05) is 13.1 Å². The van der Waals surface area contributed by atoms with Crippen LogP contribution in [0.5, 0.6) is 0 Å². The molecule has 1 saturated heterocycles. The summed E-state index contributed by atoms with van der Waals surface area (Å²) in [5.41, 5.74) is 5.37. The second kappa shape index (κ2) is 3.69. The summed E-state index contributed by atoms with van der Waals surface area (Å²) >= 11 is 0. The van der Waals surface area contributed by atoms with Crippen LogP contribution >= 0.6 is 0 Å². The average Bonchev–Trinajstić information content (AvgIpc) is 2.62. The molecule has 2 N–H and O–H groups in total. The number of carbonyl (C=O) groups is 2. The third-order valence-corrected chi connectivity index (χ3v) is 3.25. The maximum absolute atomic E-state index is 11.8. The van der Waals surface area contributed by atoms with Gasteiger partial charge in [0.1, 0.15) is 0 Å². The van der Waals surface area contributed by atoms with Crippen LogP contribution in [0.3, 0.4) is 0 Å². The monoisotopic (exact) mass is 196 g/mol. The third-order valence-electron chi connectivity index (χ3n) is 3.25. The van der Waals surface area contributed by atoms with Crippen LogP contribution in [0.15, 0.2) is 0 Å². The molecule has 2 bridgehead atoms. The lowest BCUT2D eigenvalue weighted by atomic mass is 9.97. The maximum Gasteiger partial charge on any atom is 0.232 e. The predicted molar refractivity (Wildman–Crippen MR) is 51.2 cm³/mol. The molecular weight excluding hydrogens is 180 g/mol. The van der Waals surface area contributed by atoms with Gasteiger partial charge < -0.3 is 5.73 Å². The average molecular weight is 196 g/mol. The van der Waals surface area contributed by atoms with Crippen LogP contribution in [0.2, 0.25) is 0 Å². The Bertz CT molecular complexity index is 243. The number of fused-ring (bicyclic) bond motifs is 2. The fourth-order valence-electron chi connectivity index (χ4n) is 2.45. The Morgan fingerprint density at radius 1 is 1.21 bits per heavy atom. The van der Waals surface area contributed by atoms with Crippen LogP contribution < -0.4 is 5.73 Å². The van der Waals surface area contributed by atoms with Crippen molar-refractivity contribution in [1.82, 2.24) is 4.90 Å². The molecule has 1 aliphatic carbocycles. The second-order valence-electron chi connectivity index (χ2n) is 4.18. The molecule has 4 nitrogen and oxygen atoms in total. The summed E-state index contributed by atoms with van der Waals surface area (Å²) in [7, 11) is 0. The van der Waals surface area contributed by atoms with Gasteiger partial charge in [0.2, 0.25) is 11.8 Å². The lowest BCUT2D eigenvalue weighted by molar-refractivity contribution is -0.152. The minimum absolute atomic E-state index is 0.0391. The number of nitrogens with zero attached hydrogens (tertiary/aromatic N) is 1. The topological polar surface area (TPSA) is 63.4 Å². The molecule has 0 aromatic heterocycles. The van der Waals surface area contributed by atoms with Crippen LogP contribution in [0.4, 0.5) is 0 Å². The van der Waals surface area contributed by atoms with Crippen LogP contribution in [-0.4, -0.2) is 29.8 Å². The minimum atomic E-state index is 0.0391. The number of rotatable bonds is 3. The lowest BCUT2D eigenvalue weighted by Crippen LogP contribution is -2.46. The van der Waals surface area contributed by atoms with E-state index < -0.39 is 0 Å². The highest BCUT2D eigenvalue weighted by Gasteiger charge is 2.44. The first-order valence-corrected chi connectivity index (χ1v) is 5.29. The zero-order valence-electron chi connectivity index (χ0n) is 8.24. The molecule has 1 aliphatic heterocycles. The summed E-state index contributed by atoms with van der Waals surface area (Å²) in [5, 5.41) is 0. The summed E-state index contributed by atoms with van der Waals surface area (Å²) in [6, 6.07) is 0. The van der Waals surface area contributed by atoms with E-state index in [4.69, 9.17) is 5.73 Å². The third kappa shape index (κ3) is 1.43. The van der Waals surface area contributed by atoms with Gasteiger partial charge >= 0.3 is 0 Å². The van der Waals surface area contributed by atoms with Crippen molar-refractivity contribution in [1.29, 1.82) is 0 Å². The summed E-state index contributed by atoms with van der Waals surface area (Å²) in [6.07, 6.45) is 3.30. The Hall–Kier alpha value is -0.900. The van der Waals surface area contributed by atoms with Gasteiger partial charge in [0.15, 0.2) is 0 Å². The Kier molecular flexibility index (Phi) is 2.54. The van der Waals surface area contributed by atoms with Gasteiger partial charge in [0.05, 0.1) is 0 Å². The zero-order chi connectivity index (χ0) is 10.1. The fraction of sp³-hybridized carbons (Fsp3) is 0.800. The smallest absolute Gasteiger partial charge is 0.232 e. The van der Waals surface area contributed by atoms with E-state index in [0.717, 1.165) is 25.7 Å². The van der Waals surface area contributed by atoms with Crippen molar-refractivity contribution in [3.63, 3.8) is 0 Å². The van der Waals surface area contributed by atoms with E-state index in [1.54, 1.807) is 0 Å². The number of amides is 2. The van der Waals surface area contributed by atoms with Crippen LogP contribution in [-0.2, 0) is 9.59 Å². The largest absolute Gasteiger partial charge is 0.330 e. The molecule has 1 saturated carbocycles. The van der Waals surface area contributed by atoms with Gasteiger partial charge in [-0.25, -0.2) is 0 Å². The molecule has 0 radical (unpaired) electrons. The number of hydrogen-bond acceptors (Lipinski definition) is 3. The van der Waals surface area contributed by atoms with E-state index in [-0.39, 0.29) is 23.7 Å². The number of nitrogens with two attached hydrogens (primary N) is 1. The molecule has 4 heteroatoms. The first kappa shape index (κ1) is 9.65. The number of imide groups is 1. The number of carbonyl (C=O) groups excluding carboxylic acids is 2. The van der Waals surface area contributed by atoms with Crippen molar-refractivity contribution in [2.24, 2.45) is 17.6 Å². The van der Waals surface area contributed by atoms with Gasteiger partial charge in [-0.3, -0.25) is 14.5 Å². The molecular formula is C10H16N2O2. The molecule has 78 valence electrons. The summed E-state index contributed by atoms with van der Waals surface area (Å²) in [4.78, 5) is 25.0. The van der Waals surface area contributed by atoms with Crippen molar-refractivity contribution < 1.29 is 9.59 Å². The molecule has 2 atom stereocenters. The molecule has 0 spiro atoms. The summed E-state index contributed by atoms with van der Waals surface area (Å²) in [6.45, 7) is 1.05. The van der Waals surface area contributed by atoms with Gasteiger partial charge in [0, 0.05) is 18.4 Å². The number of likely N-dealkylation sites (tertiary alicyclic amines) is 1. The maximum atomic E-state index is 11.8. The fourth-order valence-corrected chi connectivity index (χ4v) is 2.45. The highest BCUT2D eigenvalue weighted by molar-refractivity contribution is 6.00. The molecule has 2 unspecified atom stereocenters. The van der Waals surface area contributed by atoms with Gasteiger partial charge in [0.25, 0.3) is 0 Å². The molecule has 2 aliphatic rings. The predicted octanol–water partition coefficient (Wildman–Crippen LogP) is 0.120. The van der Waals surface area contributed by atoms with Gasteiger partial charge in [-0.1, -0.05) is 0 Å².